The fourth-order valence-electron chi connectivity index (χ4n) is 6.38. The zero-order valence-corrected chi connectivity index (χ0v) is 24.9. The van der Waals surface area contributed by atoms with Crippen molar-refractivity contribution in [3.63, 3.8) is 0 Å². The van der Waals surface area contributed by atoms with Crippen LogP contribution < -0.4 is 15.0 Å². The molecular formula is C29H36FN5O5Si. The number of anilines is 2. The highest BCUT2D eigenvalue weighted by Crippen LogP contribution is 2.60. The fraction of sp³-hybridized carbons (Fsp3) is 0.448. The first kappa shape index (κ1) is 28.9. The minimum absolute atomic E-state index is 0.0221. The highest BCUT2D eigenvalue weighted by Gasteiger charge is 2.66. The zero-order chi connectivity index (χ0) is 29.5. The van der Waals surface area contributed by atoms with Crippen molar-refractivity contribution >= 4 is 31.6 Å². The smallest absolute Gasteiger partial charge is 0.264 e. The van der Waals surface area contributed by atoms with E-state index in [1.54, 1.807) is 85.5 Å². The number of aliphatic hydroxyl groups excluding tert-OH is 1. The number of methoxy groups -OCH3 is 1. The number of likely N-dealkylation sites (N-methyl/N-ethyl adjacent to an activating group) is 1. The van der Waals surface area contributed by atoms with Gasteiger partial charge in [-0.05, 0) is 62.0 Å². The van der Waals surface area contributed by atoms with Crippen molar-refractivity contribution in [3.8, 4) is 5.75 Å². The average Bonchev–Trinajstić information content (AvgIpc) is 3.58. The number of amides is 2. The first-order chi connectivity index (χ1) is 19.5. The predicted octanol–water partition coefficient (Wildman–Crippen LogP) is 3.92. The molecule has 12 heteroatoms. The molecule has 0 radical (unpaired) electrons. The van der Waals surface area contributed by atoms with Gasteiger partial charge in [0.15, 0.2) is 5.60 Å². The second-order valence-corrected chi connectivity index (χ2v) is 15.1. The maximum atomic E-state index is 16.0. The van der Waals surface area contributed by atoms with Crippen molar-refractivity contribution in [1.29, 1.82) is 0 Å². The predicted molar refractivity (Wildman–Crippen MR) is 154 cm³/mol. The lowest BCUT2D eigenvalue weighted by atomic mass is 9.82. The van der Waals surface area contributed by atoms with Crippen molar-refractivity contribution in [2.75, 3.05) is 31.0 Å². The number of aryl methyl sites for hydroxylation is 1. The first-order valence-electron chi connectivity index (χ1n) is 13.7. The molecule has 1 fully saturated rings. The molecule has 41 heavy (non-hydrogen) atoms. The maximum absolute atomic E-state index is 16.0. The van der Waals surface area contributed by atoms with E-state index in [0.29, 0.717) is 53.3 Å². The molecule has 2 N–H and O–H groups in total. The van der Waals surface area contributed by atoms with E-state index in [1.807, 2.05) is 6.92 Å². The SMILES string of the molecule is COc1ccc(C(=O)Nc2ccc3c(c2)[C@]2(O[C@@H](CCn4cc(CCO)nn4)[C@H]([Si](C)(C)F)[C@H]2C)C(=O)N3C)cc1. The molecule has 0 aliphatic carbocycles. The van der Waals surface area contributed by atoms with E-state index in [-0.39, 0.29) is 18.4 Å². The van der Waals surface area contributed by atoms with Crippen LogP contribution in [0.25, 0.3) is 0 Å². The van der Waals surface area contributed by atoms with E-state index >= 15 is 4.11 Å². The lowest BCUT2D eigenvalue weighted by Gasteiger charge is -2.31. The molecule has 1 saturated heterocycles. The van der Waals surface area contributed by atoms with E-state index < -0.39 is 31.6 Å². The first-order valence-corrected chi connectivity index (χ1v) is 16.7. The summed E-state index contributed by atoms with van der Waals surface area (Å²) >= 11 is 0. The molecule has 3 aromatic rings. The number of nitrogens with zero attached hydrogens (tertiary/aromatic N) is 4. The van der Waals surface area contributed by atoms with E-state index in [4.69, 9.17) is 9.47 Å². The van der Waals surface area contributed by atoms with Crippen LogP contribution >= 0.6 is 0 Å². The monoisotopic (exact) mass is 581 g/mol. The molecule has 5 rings (SSSR count). The van der Waals surface area contributed by atoms with Gasteiger partial charge in [0.05, 0.1) is 24.6 Å². The Balaban J connectivity index is 1.45. The summed E-state index contributed by atoms with van der Waals surface area (Å²) in [6.45, 7) is 5.63. The van der Waals surface area contributed by atoms with Gasteiger partial charge in [0.25, 0.3) is 11.8 Å². The number of ether oxygens (including phenoxy) is 2. The van der Waals surface area contributed by atoms with Gasteiger partial charge in [-0.2, -0.15) is 0 Å². The zero-order valence-electron chi connectivity index (χ0n) is 23.9. The molecule has 1 spiro atoms. The molecule has 3 heterocycles. The van der Waals surface area contributed by atoms with E-state index in [9.17, 15) is 14.7 Å². The molecule has 2 aliphatic heterocycles. The molecule has 1 aromatic heterocycles. The number of aromatic nitrogens is 3. The highest BCUT2D eigenvalue weighted by atomic mass is 28.4. The van der Waals surface area contributed by atoms with Crippen LogP contribution in [-0.2, 0) is 28.1 Å². The minimum atomic E-state index is -3.31. The van der Waals surface area contributed by atoms with E-state index in [2.05, 4.69) is 15.6 Å². The number of aliphatic hydroxyl groups is 1. The topological polar surface area (TPSA) is 119 Å². The molecule has 0 unspecified atom stereocenters. The van der Waals surface area contributed by atoms with Gasteiger partial charge in [-0.25, -0.2) is 0 Å². The molecule has 2 amide bonds. The number of benzene rings is 2. The summed E-state index contributed by atoms with van der Waals surface area (Å²) in [5, 5.41) is 20.3. The van der Waals surface area contributed by atoms with Crippen LogP contribution in [0.2, 0.25) is 18.6 Å². The highest BCUT2D eigenvalue weighted by molar-refractivity contribution is 6.72. The Morgan fingerprint density at radius 1 is 1.24 bits per heavy atom. The number of fused-ring (bicyclic) bond motifs is 2. The van der Waals surface area contributed by atoms with Crippen LogP contribution in [0.3, 0.4) is 0 Å². The Hall–Kier alpha value is -3.61. The normalized spacial score (nSPS) is 23.7. The summed E-state index contributed by atoms with van der Waals surface area (Å²) in [5.74, 6) is -0.340. The van der Waals surface area contributed by atoms with Crippen molar-refractivity contribution in [3.05, 3.63) is 65.5 Å². The van der Waals surface area contributed by atoms with Crippen LogP contribution in [0.15, 0.2) is 48.7 Å². The van der Waals surface area contributed by atoms with Crippen LogP contribution in [0.1, 0.15) is 35.0 Å². The molecule has 218 valence electrons. The summed E-state index contributed by atoms with van der Waals surface area (Å²) in [7, 11) is -0.0531. The lowest BCUT2D eigenvalue weighted by molar-refractivity contribution is -0.145. The summed E-state index contributed by atoms with van der Waals surface area (Å²) in [4.78, 5) is 28.5. The number of halogens is 1. The fourth-order valence-corrected chi connectivity index (χ4v) is 8.93. The lowest BCUT2D eigenvalue weighted by Crippen LogP contribution is -2.44. The Bertz CT molecular complexity index is 1440. The molecule has 4 atom stereocenters. The van der Waals surface area contributed by atoms with Crippen LogP contribution in [0.5, 0.6) is 5.75 Å². The second-order valence-electron chi connectivity index (χ2n) is 11.3. The van der Waals surface area contributed by atoms with Gasteiger partial charge >= 0.3 is 0 Å². The van der Waals surface area contributed by atoms with Crippen LogP contribution in [0.4, 0.5) is 15.5 Å². The van der Waals surface area contributed by atoms with E-state index in [0.717, 1.165) is 0 Å². The molecule has 2 aromatic carbocycles. The van der Waals surface area contributed by atoms with E-state index in [1.165, 1.54) is 0 Å². The van der Waals surface area contributed by atoms with Gasteiger partial charge in [0.1, 0.15) is 5.75 Å². The Morgan fingerprint density at radius 2 is 1.98 bits per heavy atom. The largest absolute Gasteiger partial charge is 0.497 e. The Labute approximate surface area is 239 Å². The molecular weight excluding hydrogens is 545 g/mol. The standard InChI is InChI=1S/C29H36FN5O5Si/c1-18-26(41(4,5)30)25(12-14-35-17-21(13-15-36)32-33-35)40-29(18)23-16-20(8-11-24(23)34(2)28(29)38)31-27(37)19-6-9-22(39-3)10-7-19/h6-11,16-18,25-26,36H,12-15H2,1-5H3,(H,31,37)/t18-,25+,26-,29+/m1/s1. The number of rotatable bonds is 9. The Kier molecular flexibility index (Phi) is 7.75. The van der Waals surface area contributed by atoms with Gasteiger partial charge in [0, 0.05) is 61.1 Å². The quantitative estimate of drug-likeness (QED) is 0.291. The van der Waals surface area contributed by atoms with Crippen molar-refractivity contribution in [2.24, 2.45) is 5.92 Å². The van der Waals surface area contributed by atoms with Crippen molar-refractivity contribution in [1.82, 2.24) is 15.0 Å². The molecule has 10 nitrogen and oxygen atoms in total. The van der Waals surface area contributed by atoms with Gasteiger partial charge in [-0.15, -0.1) is 5.10 Å². The minimum Gasteiger partial charge on any atom is -0.497 e. The van der Waals surface area contributed by atoms with Gasteiger partial charge in [-0.1, -0.05) is 12.1 Å². The number of carbonyl (C=O) groups excluding carboxylic acids is 2. The van der Waals surface area contributed by atoms with Gasteiger partial charge < -0.3 is 28.9 Å². The molecule has 0 bridgehead atoms. The summed E-state index contributed by atoms with van der Waals surface area (Å²) < 4.78 is 29.5. The maximum Gasteiger partial charge on any atom is 0.264 e. The summed E-state index contributed by atoms with van der Waals surface area (Å²) in [6.07, 6.45) is 2.09. The molecule has 2 aliphatic rings. The number of carbonyl (C=O) groups is 2. The average molecular weight is 582 g/mol. The van der Waals surface area contributed by atoms with Crippen molar-refractivity contribution < 1.29 is 28.3 Å². The number of nitrogens with one attached hydrogen (secondary N) is 1. The van der Waals surface area contributed by atoms with Crippen LogP contribution in [0, 0.1) is 5.92 Å². The summed E-state index contributed by atoms with van der Waals surface area (Å²) in [6, 6.07) is 12.1. The second kappa shape index (κ2) is 11.0. The third-order valence-corrected chi connectivity index (χ3v) is 10.8. The molecule has 0 saturated carbocycles. The summed E-state index contributed by atoms with van der Waals surface area (Å²) in [5.41, 5.74) is 1.12. The van der Waals surface area contributed by atoms with Crippen LogP contribution in [-0.4, -0.2) is 67.2 Å². The van der Waals surface area contributed by atoms with Gasteiger partial charge in [0.2, 0.25) is 8.41 Å². The third kappa shape index (κ3) is 5.15. The third-order valence-electron chi connectivity index (χ3n) is 8.30. The Morgan fingerprint density at radius 3 is 2.63 bits per heavy atom. The number of hydrogen-bond acceptors (Lipinski definition) is 7. The van der Waals surface area contributed by atoms with Gasteiger partial charge in [-0.3, -0.25) is 14.3 Å². The van der Waals surface area contributed by atoms with Crippen molar-refractivity contribution in [2.45, 2.75) is 56.7 Å². The number of hydrogen-bond donors (Lipinski definition) is 2.